The lowest BCUT2D eigenvalue weighted by molar-refractivity contribution is 0.142. The molecule has 1 saturated heterocycles. The Balaban J connectivity index is 1.59. The summed E-state index contributed by atoms with van der Waals surface area (Å²) in [6.45, 7) is 9.30. The third kappa shape index (κ3) is 3.07. The van der Waals surface area contributed by atoms with Gasteiger partial charge in [0.1, 0.15) is 0 Å². The lowest BCUT2D eigenvalue weighted by atomic mass is 9.93. The van der Waals surface area contributed by atoms with E-state index in [2.05, 4.69) is 42.3 Å². The number of hydrogen-bond acceptors (Lipinski definition) is 2. The number of rotatable bonds is 4. The maximum atomic E-state index is 3.63. The maximum Gasteiger partial charge on any atom is 0.0233 e. The van der Waals surface area contributed by atoms with Crippen molar-refractivity contribution in [3.05, 3.63) is 34.9 Å². The predicted octanol–water partition coefficient (Wildman–Crippen LogP) is 3.00. The van der Waals surface area contributed by atoms with Gasteiger partial charge < -0.3 is 5.32 Å². The van der Waals surface area contributed by atoms with E-state index in [1.54, 1.807) is 11.1 Å². The molecular weight excluding hydrogens is 244 g/mol. The van der Waals surface area contributed by atoms with E-state index in [0.717, 1.165) is 25.0 Å². The first-order valence-electron chi connectivity index (χ1n) is 8.32. The fourth-order valence-corrected chi connectivity index (χ4v) is 3.92. The number of fused-ring (bicyclic) bond motifs is 1. The Morgan fingerprint density at radius 3 is 2.90 bits per heavy atom. The van der Waals surface area contributed by atoms with Crippen LogP contribution in [0.25, 0.3) is 0 Å². The lowest BCUT2D eigenvalue weighted by Crippen LogP contribution is -2.47. The van der Waals surface area contributed by atoms with Crippen LogP contribution in [0.1, 0.15) is 43.4 Å². The molecular formula is C18H28N2. The first-order valence-corrected chi connectivity index (χ1v) is 8.32. The van der Waals surface area contributed by atoms with Crippen molar-refractivity contribution in [1.82, 2.24) is 10.2 Å². The molecule has 2 nitrogen and oxygen atoms in total. The third-order valence-corrected chi connectivity index (χ3v) is 5.02. The SMILES string of the molecule is CCNC1CCN(Cc2ccc3c(c2)CCC3)CC1C. The molecule has 0 spiro atoms. The number of aryl methyl sites for hydroxylation is 2. The molecule has 110 valence electrons. The molecule has 2 atom stereocenters. The molecule has 0 amide bonds. The van der Waals surface area contributed by atoms with Crippen LogP contribution >= 0.6 is 0 Å². The average molecular weight is 272 g/mol. The Kier molecular flexibility index (Phi) is 4.42. The lowest BCUT2D eigenvalue weighted by Gasteiger charge is -2.37. The highest BCUT2D eigenvalue weighted by Gasteiger charge is 2.25. The Hall–Kier alpha value is -0.860. The second kappa shape index (κ2) is 6.28. The highest BCUT2D eigenvalue weighted by molar-refractivity contribution is 5.35. The van der Waals surface area contributed by atoms with Gasteiger partial charge in [-0.3, -0.25) is 4.90 Å². The van der Waals surface area contributed by atoms with Crippen LogP contribution in [0.4, 0.5) is 0 Å². The number of nitrogens with zero attached hydrogens (tertiary/aromatic N) is 1. The van der Waals surface area contributed by atoms with Gasteiger partial charge in [0.15, 0.2) is 0 Å². The highest BCUT2D eigenvalue weighted by atomic mass is 15.1. The van der Waals surface area contributed by atoms with Crippen molar-refractivity contribution in [3.63, 3.8) is 0 Å². The van der Waals surface area contributed by atoms with Crippen LogP contribution in [0.2, 0.25) is 0 Å². The molecule has 2 unspecified atom stereocenters. The maximum absolute atomic E-state index is 3.63. The van der Waals surface area contributed by atoms with Gasteiger partial charge in [-0.15, -0.1) is 0 Å². The molecule has 0 aromatic heterocycles. The van der Waals surface area contributed by atoms with Crippen molar-refractivity contribution >= 4 is 0 Å². The monoisotopic (exact) mass is 272 g/mol. The van der Waals surface area contributed by atoms with E-state index in [-0.39, 0.29) is 0 Å². The van der Waals surface area contributed by atoms with Gasteiger partial charge in [0.25, 0.3) is 0 Å². The van der Waals surface area contributed by atoms with E-state index in [4.69, 9.17) is 0 Å². The van der Waals surface area contributed by atoms with Gasteiger partial charge in [-0.25, -0.2) is 0 Å². The summed E-state index contributed by atoms with van der Waals surface area (Å²) in [7, 11) is 0. The van der Waals surface area contributed by atoms with Crippen molar-refractivity contribution in [3.8, 4) is 0 Å². The molecule has 20 heavy (non-hydrogen) atoms. The second-order valence-electron chi connectivity index (χ2n) is 6.62. The van der Waals surface area contributed by atoms with Crippen LogP contribution in [0.5, 0.6) is 0 Å². The fourth-order valence-electron chi connectivity index (χ4n) is 3.92. The van der Waals surface area contributed by atoms with Gasteiger partial charge in [-0.05, 0) is 61.4 Å². The van der Waals surface area contributed by atoms with Crippen molar-refractivity contribution in [2.45, 2.75) is 52.1 Å². The van der Waals surface area contributed by atoms with Gasteiger partial charge in [0.2, 0.25) is 0 Å². The Labute approximate surface area is 123 Å². The van der Waals surface area contributed by atoms with Crippen LogP contribution in [-0.2, 0) is 19.4 Å². The smallest absolute Gasteiger partial charge is 0.0233 e. The van der Waals surface area contributed by atoms with Crippen molar-refractivity contribution < 1.29 is 0 Å². The van der Waals surface area contributed by atoms with Gasteiger partial charge in [0.05, 0.1) is 0 Å². The van der Waals surface area contributed by atoms with Gasteiger partial charge >= 0.3 is 0 Å². The summed E-state index contributed by atoms with van der Waals surface area (Å²) in [4.78, 5) is 2.63. The zero-order valence-corrected chi connectivity index (χ0v) is 13.0. The summed E-state index contributed by atoms with van der Waals surface area (Å²) in [5.41, 5.74) is 4.71. The molecule has 0 saturated carbocycles. The van der Waals surface area contributed by atoms with E-state index in [1.807, 2.05) is 0 Å². The van der Waals surface area contributed by atoms with Gasteiger partial charge in [0, 0.05) is 19.1 Å². The first kappa shape index (κ1) is 14.1. The van der Waals surface area contributed by atoms with Crippen LogP contribution in [0, 0.1) is 5.92 Å². The highest BCUT2D eigenvalue weighted by Crippen LogP contribution is 2.24. The minimum absolute atomic E-state index is 0.719. The number of hydrogen-bond donors (Lipinski definition) is 1. The van der Waals surface area contributed by atoms with E-state index in [0.29, 0.717) is 0 Å². The van der Waals surface area contributed by atoms with Crippen LogP contribution < -0.4 is 5.32 Å². The Morgan fingerprint density at radius 2 is 2.10 bits per heavy atom. The Morgan fingerprint density at radius 1 is 1.25 bits per heavy atom. The molecule has 1 heterocycles. The number of nitrogens with one attached hydrogen (secondary N) is 1. The minimum atomic E-state index is 0.719. The van der Waals surface area contributed by atoms with E-state index in [1.165, 1.54) is 44.3 Å². The van der Waals surface area contributed by atoms with Crippen LogP contribution in [-0.4, -0.2) is 30.6 Å². The molecule has 1 aliphatic heterocycles. The number of benzene rings is 1. The van der Waals surface area contributed by atoms with Crippen LogP contribution in [0.15, 0.2) is 18.2 Å². The van der Waals surface area contributed by atoms with E-state index >= 15 is 0 Å². The van der Waals surface area contributed by atoms with Gasteiger partial charge in [-0.2, -0.15) is 0 Å². The molecule has 1 N–H and O–H groups in total. The molecule has 1 aliphatic carbocycles. The molecule has 0 radical (unpaired) electrons. The Bertz CT molecular complexity index is 455. The zero-order valence-electron chi connectivity index (χ0n) is 13.0. The minimum Gasteiger partial charge on any atom is -0.314 e. The molecule has 1 aromatic rings. The molecule has 2 aliphatic rings. The summed E-state index contributed by atoms with van der Waals surface area (Å²) < 4.78 is 0. The van der Waals surface area contributed by atoms with Crippen molar-refractivity contribution in [2.24, 2.45) is 5.92 Å². The molecule has 3 rings (SSSR count). The summed E-state index contributed by atoms with van der Waals surface area (Å²) in [6.07, 6.45) is 5.23. The molecule has 1 fully saturated rings. The summed E-state index contributed by atoms with van der Waals surface area (Å²) >= 11 is 0. The molecule has 2 heteroatoms. The first-order chi connectivity index (χ1) is 9.76. The molecule has 0 bridgehead atoms. The van der Waals surface area contributed by atoms with Crippen molar-refractivity contribution in [1.29, 1.82) is 0 Å². The zero-order chi connectivity index (χ0) is 13.9. The second-order valence-corrected chi connectivity index (χ2v) is 6.62. The molecule has 1 aromatic carbocycles. The standard InChI is InChI=1S/C18H28N2/c1-3-19-18-9-10-20(12-14(18)2)13-15-7-8-16-5-4-6-17(16)11-15/h7-8,11,14,18-19H,3-6,9-10,12-13H2,1-2H3. The average Bonchev–Trinajstić information content (AvgIpc) is 2.89. The largest absolute Gasteiger partial charge is 0.314 e. The van der Waals surface area contributed by atoms with E-state index < -0.39 is 0 Å². The summed E-state index contributed by atoms with van der Waals surface area (Å²) in [5.74, 6) is 0.762. The number of likely N-dealkylation sites (tertiary alicyclic amines) is 1. The topological polar surface area (TPSA) is 15.3 Å². The normalized spacial score (nSPS) is 26.7. The quantitative estimate of drug-likeness (QED) is 0.906. The third-order valence-electron chi connectivity index (χ3n) is 5.02. The van der Waals surface area contributed by atoms with E-state index in [9.17, 15) is 0 Å². The summed E-state index contributed by atoms with van der Waals surface area (Å²) in [5, 5.41) is 3.63. The predicted molar refractivity (Wildman–Crippen MR) is 85.0 cm³/mol. The van der Waals surface area contributed by atoms with Crippen molar-refractivity contribution in [2.75, 3.05) is 19.6 Å². The number of piperidine rings is 1. The van der Waals surface area contributed by atoms with Crippen LogP contribution in [0.3, 0.4) is 0 Å². The fraction of sp³-hybridized carbons (Fsp3) is 0.667. The summed E-state index contributed by atoms with van der Waals surface area (Å²) in [6, 6.07) is 7.90. The van der Waals surface area contributed by atoms with Gasteiger partial charge in [-0.1, -0.05) is 32.0 Å².